The van der Waals surface area contributed by atoms with Crippen molar-refractivity contribution in [1.82, 2.24) is 24.8 Å². The highest BCUT2D eigenvalue weighted by Gasteiger charge is 2.38. The van der Waals surface area contributed by atoms with Crippen LogP contribution in [0.1, 0.15) is 32.5 Å². The lowest BCUT2D eigenvalue weighted by Gasteiger charge is -2.42. The van der Waals surface area contributed by atoms with E-state index in [4.69, 9.17) is 4.74 Å². The second-order valence-electron chi connectivity index (χ2n) is 6.79. The van der Waals surface area contributed by atoms with Crippen LogP contribution < -0.4 is 0 Å². The summed E-state index contributed by atoms with van der Waals surface area (Å²) in [5.74, 6) is 0.0576. The third kappa shape index (κ3) is 3.39. The Morgan fingerprint density at radius 2 is 2.17 bits per heavy atom. The van der Waals surface area contributed by atoms with Gasteiger partial charge in [0, 0.05) is 26.2 Å². The molecule has 8 heteroatoms. The Hall–Kier alpha value is -1.51. The van der Waals surface area contributed by atoms with Gasteiger partial charge in [0.25, 0.3) is 5.91 Å². The predicted octanol–water partition coefficient (Wildman–Crippen LogP) is -0.390. The number of amides is 1. The summed E-state index contributed by atoms with van der Waals surface area (Å²) in [4.78, 5) is 16.5. The number of ether oxygens (including phenoxy) is 1. The highest BCUT2D eigenvalue weighted by atomic mass is 16.5. The van der Waals surface area contributed by atoms with E-state index in [1.54, 1.807) is 29.6 Å². The molecule has 0 spiro atoms. The van der Waals surface area contributed by atoms with Crippen LogP contribution in [0.5, 0.6) is 0 Å². The molecule has 2 aliphatic rings. The number of rotatable bonds is 4. The molecule has 3 rings (SSSR count). The third-order valence-corrected chi connectivity index (χ3v) is 4.56. The summed E-state index contributed by atoms with van der Waals surface area (Å²) in [5.41, 5.74) is -0.465. The Kier molecular flexibility index (Phi) is 4.39. The van der Waals surface area contributed by atoms with E-state index in [1.807, 2.05) is 0 Å². The van der Waals surface area contributed by atoms with Crippen molar-refractivity contribution >= 4 is 5.91 Å². The number of likely N-dealkylation sites (N-methyl/N-ethyl adjacent to an activating group) is 1. The smallest absolute Gasteiger partial charge is 0.253 e. The van der Waals surface area contributed by atoms with E-state index in [-0.39, 0.29) is 18.1 Å². The lowest BCUT2D eigenvalue weighted by Crippen LogP contribution is -2.57. The van der Waals surface area contributed by atoms with Gasteiger partial charge in [-0.05, 0) is 20.4 Å². The van der Waals surface area contributed by atoms with E-state index in [2.05, 4.69) is 22.1 Å². The molecule has 1 atom stereocenters. The molecule has 2 fully saturated rings. The first-order valence-corrected chi connectivity index (χ1v) is 8.16. The first kappa shape index (κ1) is 16.4. The van der Waals surface area contributed by atoms with Gasteiger partial charge in [-0.3, -0.25) is 9.69 Å². The van der Waals surface area contributed by atoms with Crippen LogP contribution in [0.25, 0.3) is 0 Å². The van der Waals surface area contributed by atoms with Gasteiger partial charge in [-0.15, -0.1) is 5.10 Å². The van der Waals surface area contributed by atoms with Crippen molar-refractivity contribution < 1.29 is 14.6 Å². The maximum absolute atomic E-state index is 12.5. The Labute approximate surface area is 136 Å². The van der Waals surface area contributed by atoms with Crippen molar-refractivity contribution in [3.8, 4) is 0 Å². The molecule has 1 aromatic heterocycles. The average Bonchev–Trinajstić information content (AvgIpc) is 2.95. The van der Waals surface area contributed by atoms with E-state index in [0.717, 1.165) is 13.1 Å². The average molecular weight is 323 g/mol. The molecule has 1 N–H and O–H groups in total. The molecule has 0 bridgehead atoms. The summed E-state index contributed by atoms with van der Waals surface area (Å²) >= 11 is 0. The summed E-state index contributed by atoms with van der Waals surface area (Å²) in [6.45, 7) is 9.78. The molecule has 2 aliphatic heterocycles. The minimum atomic E-state index is -1.00. The van der Waals surface area contributed by atoms with E-state index < -0.39 is 5.60 Å². The topological polar surface area (TPSA) is 83.7 Å². The van der Waals surface area contributed by atoms with Crippen molar-refractivity contribution in [2.75, 3.05) is 39.3 Å². The van der Waals surface area contributed by atoms with Gasteiger partial charge in [-0.1, -0.05) is 12.1 Å². The fraction of sp³-hybridized carbons (Fsp3) is 0.800. The minimum absolute atomic E-state index is 0.0576. The second kappa shape index (κ2) is 6.18. The number of carbonyl (C=O) groups is 1. The van der Waals surface area contributed by atoms with E-state index in [1.165, 1.54) is 0 Å². The third-order valence-electron chi connectivity index (χ3n) is 4.56. The zero-order valence-corrected chi connectivity index (χ0v) is 14.0. The van der Waals surface area contributed by atoms with Crippen LogP contribution in [0.3, 0.4) is 0 Å². The largest absolute Gasteiger partial charge is 0.384 e. The number of hydrogen-bond acceptors (Lipinski definition) is 6. The normalized spacial score (nSPS) is 23.8. The van der Waals surface area contributed by atoms with Crippen molar-refractivity contribution in [2.45, 2.75) is 38.5 Å². The predicted molar refractivity (Wildman–Crippen MR) is 82.7 cm³/mol. The lowest BCUT2D eigenvalue weighted by atomic mass is 10.1. The van der Waals surface area contributed by atoms with Crippen molar-refractivity contribution in [3.05, 3.63) is 11.9 Å². The van der Waals surface area contributed by atoms with Gasteiger partial charge in [0.1, 0.15) is 17.4 Å². The van der Waals surface area contributed by atoms with Crippen molar-refractivity contribution in [3.63, 3.8) is 0 Å². The monoisotopic (exact) mass is 323 g/mol. The van der Waals surface area contributed by atoms with Crippen LogP contribution >= 0.6 is 0 Å². The molecule has 2 saturated heterocycles. The van der Waals surface area contributed by atoms with Crippen LogP contribution in [0.15, 0.2) is 6.20 Å². The maximum Gasteiger partial charge on any atom is 0.253 e. The Morgan fingerprint density at radius 3 is 2.78 bits per heavy atom. The quantitative estimate of drug-likeness (QED) is 0.812. The van der Waals surface area contributed by atoms with E-state index in [0.29, 0.717) is 31.9 Å². The maximum atomic E-state index is 12.5. The van der Waals surface area contributed by atoms with Crippen LogP contribution in [-0.4, -0.2) is 81.2 Å². The van der Waals surface area contributed by atoms with Gasteiger partial charge >= 0.3 is 0 Å². The molecule has 0 aromatic carbocycles. The molecule has 1 aromatic rings. The number of morpholine rings is 1. The zero-order chi connectivity index (χ0) is 16.6. The van der Waals surface area contributed by atoms with Crippen LogP contribution in [0, 0.1) is 0 Å². The molecule has 23 heavy (non-hydrogen) atoms. The Balaban J connectivity index is 1.54. The molecule has 1 amide bonds. The molecule has 0 aliphatic carbocycles. The first-order chi connectivity index (χ1) is 10.9. The lowest BCUT2D eigenvalue weighted by molar-refractivity contribution is -0.155. The molecule has 8 nitrogen and oxygen atoms in total. The number of nitrogens with zero attached hydrogens (tertiary/aromatic N) is 5. The summed E-state index contributed by atoms with van der Waals surface area (Å²) in [5, 5.41) is 18.0. The molecule has 1 unspecified atom stereocenters. The molecule has 128 valence electrons. The number of likely N-dealkylation sites (tertiary alicyclic amines) is 1. The molecule has 3 heterocycles. The highest BCUT2D eigenvalue weighted by Crippen LogP contribution is 2.24. The van der Waals surface area contributed by atoms with Crippen LogP contribution in [0.4, 0.5) is 0 Å². The van der Waals surface area contributed by atoms with Gasteiger partial charge in [-0.2, -0.15) is 0 Å². The van der Waals surface area contributed by atoms with Crippen molar-refractivity contribution in [1.29, 1.82) is 0 Å². The van der Waals surface area contributed by atoms with Crippen LogP contribution in [-0.2, 0) is 15.1 Å². The number of aromatic nitrogens is 3. The van der Waals surface area contributed by atoms with Gasteiger partial charge in [0.2, 0.25) is 0 Å². The summed E-state index contributed by atoms with van der Waals surface area (Å²) in [7, 11) is 0. The number of carbonyl (C=O) groups excluding carboxylic acids is 1. The second-order valence-corrected chi connectivity index (χ2v) is 6.79. The summed E-state index contributed by atoms with van der Waals surface area (Å²) in [6.07, 6.45) is 1.40. The minimum Gasteiger partial charge on any atom is -0.384 e. The number of aliphatic hydroxyl groups is 1. The molecular formula is C15H25N5O3. The molecule has 0 radical (unpaired) electrons. The highest BCUT2D eigenvalue weighted by molar-refractivity contribution is 5.82. The standard InChI is InChI=1S/C15H25N5O3/c1-4-18-5-6-23-12(9-18)14(21)19-7-11(8-19)20-10-13(16-17-20)15(2,3)22/h10-12,22H,4-9H2,1-3H3. The van der Waals surface area contributed by atoms with E-state index >= 15 is 0 Å². The Morgan fingerprint density at radius 1 is 1.43 bits per heavy atom. The Bertz CT molecular complexity index is 562. The summed E-state index contributed by atoms with van der Waals surface area (Å²) < 4.78 is 7.35. The molecule has 0 saturated carbocycles. The van der Waals surface area contributed by atoms with Gasteiger partial charge in [-0.25, -0.2) is 4.68 Å². The van der Waals surface area contributed by atoms with E-state index in [9.17, 15) is 9.90 Å². The first-order valence-electron chi connectivity index (χ1n) is 8.16. The SMILES string of the molecule is CCN1CCOC(C(=O)N2CC(n3cc(C(C)(C)O)nn3)C2)C1. The van der Waals surface area contributed by atoms with Crippen molar-refractivity contribution in [2.24, 2.45) is 0 Å². The summed E-state index contributed by atoms with van der Waals surface area (Å²) in [6, 6.07) is 0.119. The van der Waals surface area contributed by atoms with Gasteiger partial charge in [0.15, 0.2) is 0 Å². The fourth-order valence-corrected chi connectivity index (χ4v) is 2.88. The zero-order valence-electron chi connectivity index (χ0n) is 14.0. The molecular weight excluding hydrogens is 298 g/mol. The van der Waals surface area contributed by atoms with Crippen LogP contribution in [0.2, 0.25) is 0 Å². The van der Waals surface area contributed by atoms with Gasteiger partial charge in [0.05, 0.1) is 18.8 Å². The van der Waals surface area contributed by atoms with Gasteiger partial charge < -0.3 is 14.7 Å². The number of hydrogen-bond donors (Lipinski definition) is 1. The fourth-order valence-electron chi connectivity index (χ4n) is 2.88.